The van der Waals surface area contributed by atoms with Crippen LogP contribution in [0.1, 0.15) is 28.2 Å². The summed E-state index contributed by atoms with van der Waals surface area (Å²) in [7, 11) is 0. The number of hydrogen-bond acceptors (Lipinski definition) is 0. The van der Waals surface area contributed by atoms with Gasteiger partial charge in [0.25, 0.3) is 0 Å². The molecule has 0 bridgehead atoms. The molecule has 0 saturated heterocycles. The maximum absolute atomic E-state index is 3.50. The summed E-state index contributed by atoms with van der Waals surface area (Å²) in [5.41, 5.74) is 1.38. The summed E-state index contributed by atoms with van der Waals surface area (Å²) in [4.78, 5) is 0. The normalized spacial score (nSPS) is 9.45. The average Bonchev–Trinajstić information content (AvgIpc) is 1.88. The Hall–Kier alpha value is 0.466. The van der Waals surface area contributed by atoms with Gasteiger partial charge in [0.05, 0.1) is 0 Å². The summed E-state index contributed by atoms with van der Waals surface area (Å²) in [5.74, 6) is 0.607. The fraction of sp³-hybridized carbons (Fsp3) is 0.333. The molecule has 0 saturated carbocycles. The van der Waals surface area contributed by atoms with Crippen LogP contribution in [0.5, 0.6) is 0 Å². The van der Waals surface area contributed by atoms with Gasteiger partial charge in [0.2, 0.25) is 0 Å². The standard InChI is InChI=1S/C9H11Br.Mg.2H/c1-7(2)8-5-3-4-6-9(8)10;;;/h3-7H,1-2H3;;;/q;+2;2*-1. The van der Waals surface area contributed by atoms with Crippen LogP contribution in [0.2, 0.25) is 0 Å². The van der Waals surface area contributed by atoms with Gasteiger partial charge in [-0.25, -0.2) is 0 Å². The molecule has 11 heavy (non-hydrogen) atoms. The monoisotopic (exact) mass is 224 g/mol. The second-order valence-corrected chi connectivity index (χ2v) is 3.53. The predicted octanol–water partition coefficient (Wildman–Crippen LogP) is 3.42. The van der Waals surface area contributed by atoms with E-state index in [1.54, 1.807) is 0 Å². The van der Waals surface area contributed by atoms with E-state index in [9.17, 15) is 0 Å². The first-order chi connectivity index (χ1) is 4.72. The van der Waals surface area contributed by atoms with Gasteiger partial charge >= 0.3 is 23.1 Å². The molecule has 1 aromatic rings. The molecule has 0 atom stereocenters. The first kappa shape index (κ1) is 11.5. The van der Waals surface area contributed by atoms with Gasteiger partial charge in [0.1, 0.15) is 0 Å². The van der Waals surface area contributed by atoms with Gasteiger partial charge in [-0.3, -0.25) is 0 Å². The largest absolute Gasteiger partial charge is 2.00 e. The van der Waals surface area contributed by atoms with Crippen molar-refractivity contribution in [3.63, 3.8) is 0 Å². The van der Waals surface area contributed by atoms with E-state index in [1.165, 1.54) is 10.0 Å². The van der Waals surface area contributed by atoms with Crippen LogP contribution in [0.15, 0.2) is 28.7 Å². The smallest absolute Gasteiger partial charge is 1.00 e. The van der Waals surface area contributed by atoms with Crippen molar-refractivity contribution in [1.82, 2.24) is 0 Å². The number of hydrogen-bond donors (Lipinski definition) is 0. The minimum Gasteiger partial charge on any atom is -1.00 e. The number of benzene rings is 1. The van der Waals surface area contributed by atoms with Gasteiger partial charge in [-0.2, -0.15) is 0 Å². The van der Waals surface area contributed by atoms with Crippen molar-refractivity contribution in [2.75, 3.05) is 0 Å². The average molecular weight is 225 g/mol. The Bertz CT molecular complexity index is 229. The van der Waals surface area contributed by atoms with Gasteiger partial charge in [-0.1, -0.05) is 48.0 Å². The molecule has 2 heteroatoms. The third-order valence-corrected chi connectivity index (χ3v) is 2.25. The molecule has 0 N–H and O–H groups in total. The third kappa shape index (κ3) is 3.14. The zero-order valence-electron chi connectivity index (χ0n) is 8.97. The number of rotatable bonds is 1. The topological polar surface area (TPSA) is 0 Å². The molecular weight excluding hydrogens is 212 g/mol. The van der Waals surface area contributed by atoms with Gasteiger partial charge in [0.15, 0.2) is 0 Å². The van der Waals surface area contributed by atoms with Gasteiger partial charge in [-0.05, 0) is 17.5 Å². The molecule has 58 valence electrons. The van der Waals surface area contributed by atoms with Crippen LogP contribution in [0.25, 0.3) is 0 Å². The van der Waals surface area contributed by atoms with Crippen LogP contribution in [0.4, 0.5) is 0 Å². The molecule has 0 aliphatic heterocycles. The van der Waals surface area contributed by atoms with Crippen molar-refractivity contribution in [2.24, 2.45) is 0 Å². The molecule has 0 spiro atoms. The van der Waals surface area contributed by atoms with Crippen LogP contribution in [-0.2, 0) is 0 Å². The van der Waals surface area contributed by atoms with Crippen LogP contribution in [-0.4, -0.2) is 23.1 Å². The van der Waals surface area contributed by atoms with Crippen molar-refractivity contribution in [1.29, 1.82) is 0 Å². The maximum atomic E-state index is 3.50. The van der Waals surface area contributed by atoms with Crippen LogP contribution < -0.4 is 0 Å². The summed E-state index contributed by atoms with van der Waals surface area (Å²) in [5, 5.41) is 0. The summed E-state index contributed by atoms with van der Waals surface area (Å²) in [6.07, 6.45) is 0. The second kappa shape index (κ2) is 5.17. The van der Waals surface area contributed by atoms with E-state index in [0.717, 1.165) is 0 Å². The van der Waals surface area contributed by atoms with E-state index in [2.05, 4.69) is 48.0 Å². The minimum absolute atomic E-state index is 0. The van der Waals surface area contributed by atoms with E-state index in [1.807, 2.05) is 6.07 Å². The van der Waals surface area contributed by atoms with Crippen molar-refractivity contribution in [2.45, 2.75) is 19.8 Å². The Morgan fingerprint density at radius 1 is 1.27 bits per heavy atom. The van der Waals surface area contributed by atoms with Gasteiger partial charge < -0.3 is 2.85 Å². The Morgan fingerprint density at radius 2 is 1.82 bits per heavy atom. The Balaban J connectivity index is -0.000000333. The molecule has 0 aliphatic rings. The van der Waals surface area contributed by atoms with Crippen molar-refractivity contribution >= 4 is 39.0 Å². The molecule has 1 rings (SSSR count). The van der Waals surface area contributed by atoms with E-state index in [-0.39, 0.29) is 25.9 Å². The van der Waals surface area contributed by atoms with Crippen LogP contribution >= 0.6 is 15.9 Å². The molecule has 0 radical (unpaired) electrons. The molecule has 0 fully saturated rings. The summed E-state index contributed by atoms with van der Waals surface area (Å²) < 4.78 is 1.21. The maximum Gasteiger partial charge on any atom is 2.00 e. The van der Waals surface area contributed by atoms with E-state index in [4.69, 9.17) is 0 Å². The summed E-state index contributed by atoms with van der Waals surface area (Å²) >= 11 is 3.50. The quantitative estimate of drug-likeness (QED) is 0.643. The van der Waals surface area contributed by atoms with Gasteiger partial charge in [0, 0.05) is 4.47 Å². The second-order valence-electron chi connectivity index (χ2n) is 2.68. The Morgan fingerprint density at radius 3 is 2.18 bits per heavy atom. The van der Waals surface area contributed by atoms with E-state index < -0.39 is 0 Å². The van der Waals surface area contributed by atoms with Crippen molar-refractivity contribution in [3.05, 3.63) is 34.3 Å². The van der Waals surface area contributed by atoms with E-state index >= 15 is 0 Å². The molecule has 0 nitrogen and oxygen atoms in total. The molecular formula is C9H13BrMg. The SMILES string of the molecule is CC(C)c1ccccc1Br.[H-].[H-].[Mg+2]. The van der Waals surface area contributed by atoms with Crippen LogP contribution in [0.3, 0.4) is 0 Å². The molecule has 0 unspecified atom stereocenters. The fourth-order valence-corrected chi connectivity index (χ4v) is 1.69. The Labute approximate surface area is 95.6 Å². The summed E-state index contributed by atoms with van der Waals surface area (Å²) in [6.45, 7) is 4.39. The first-order valence-electron chi connectivity index (χ1n) is 3.46. The van der Waals surface area contributed by atoms with Crippen molar-refractivity contribution in [3.8, 4) is 0 Å². The summed E-state index contributed by atoms with van der Waals surface area (Å²) in [6, 6.07) is 8.33. The Kier molecular flexibility index (Phi) is 5.39. The molecule has 0 amide bonds. The molecule has 0 heterocycles. The minimum atomic E-state index is 0. The zero-order chi connectivity index (χ0) is 7.56. The third-order valence-electron chi connectivity index (χ3n) is 1.53. The van der Waals surface area contributed by atoms with Crippen LogP contribution in [0, 0.1) is 0 Å². The molecule has 0 aliphatic carbocycles. The molecule has 1 aromatic carbocycles. The van der Waals surface area contributed by atoms with Gasteiger partial charge in [-0.15, -0.1) is 0 Å². The first-order valence-corrected chi connectivity index (χ1v) is 4.25. The van der Waals surface area contributed by atoms with Crippen molar-refractivity contribution < 1.29 is 2.85 Å². The fourth-order valence-electron chi connectivity index (χ4n) is 0.943. The number of halogens is 1. The molecule has 0 aromatic heterocycles. The van der Waals surface area contributed by atoms with E-state index in [0.29, 0.717) is 5.92 Å². The zero-order valence-corrected chi connectivity index (χ0v) is 9.97. The predicted molar refractivity (Wildman–Crippen MR) is 56.2 cm³/mol.